The molecule has 2 rings (SSSR count). The molecule has 3 nitrogen and oxygen atoms in total. The molecule has 0 radical (unpaired) electrons. The largest absolute Gasteiger partial charge is 0.390 e. The smallest absolute Gasteiger partial charge is 0.0875 e. The first-order valence-corrected chi connectivity index (χ1v) is 4.11. The van der Waals surface area contributed by atoms with Crippen molar-refractivity contribution in [3.05, 3.63) is 10.7 Å². The van der Waals surface area contributed by atoms with Gasteiger partial charge in [0.1, 0.15) is 0 Å². The Balaban J connectivity index is 2.10. The molecular formula is C6H9BrN2O. The molecule has 0 aromatic rings. The Morgan fingerprint density at radius 2 is 2.40 bits per heavy atom. The fraction of sp³-hybridized carbons (Fsp3) is 0.667. The number of hydrogen-bond acceptors (Lipinski definition) is 3. The standard InChI is InChI=1S/C6H9BrN2O/c7-5-1-8-3-6(10)4-9(8)2-5/h1,6,10H,2-4H2. The molecule has 4 heteroatoms. The molecule has 1 atom stereocenters. The van der Waals surface area contributed by atoms with Crippen LogP contribution in [0.15, 0.2) is 10.7 Å². The number of aliphatic hydroxyl groups is 1. The first-order valence-electron chi connectivity index (χ1n) is 3.31. The van der Waals surface area contributed by atoms with E-state index in [2.05, 4.69) is 25.9 Å². The van der Waals surface area contributed by atoms with Crippen LogP contribution in [-0.2, 0) is 0 Å². The van der Waals surface area contributed by atoms with Crippen LogP contribution in [0, 0.1) is 0 Å². The summed E-state index contributed by atoms with van der Waals surface area (Å²) in [7, 11) is 0. The van der Waals surface area contributed by atoms with Crippen molar-refractivity contribution in [1.29, 1.82) is 0 Å². The molecule has 56 valence electrons. The van der Waals surface area contributed by atoms with Gasteiger partial charge in [-0.15, -0.1) is 0 Å². The summed E-state index contributed by atoms with van der Waals surface area (Å²) >= 11 is 3.41. The van der Waals surface area contributed by atoms with Crippen molar-refractivity contribution < 1.29 is 5.11 Å². The maximum absolute atomic E-state index is 9.19. The quantitative estimate of drug-likeness (QED) is 0.608. The number of aliphatic hydroxyl groups excluding tert-OH is 1. The van der Waals surface area contributed by atoms with Gasteiger partial charge in [0.25, 0.3) is 0 Å². The van der Waals surface area contributed by atoms with Crippen molar-refractivity contribution in [2.24, 2.45) is 0 Å². The van der Waals surface area contributed by atoms with Gasteiger partial charge in [-0.25, -0.2) is 5.01 Å². The van der Waals surface area contributed by atoms with Crippen LogP contribution in [0.2, 0.25) is 0 Å². The number of hydrogen-bond donors (Lipinski definition) is 1. The van der Waals surface area contributed by atoms with Gasteiger partial charge in [0, 0.05) is 17.2 Å². The molecule has 0 amide bonds. The molecule has 1 fully saturated rings. The fourth-order valence-corrected chi connectivity index (χ4v) is 1.93. The maximum Gasteiger partial charge on any atom is 0.0875 e. The topological polar surface area (TPSA) is 26.7 Å². The Labute approximate surface area is 68.0 Å². The van der Waals surface area contributed by atoms with Crippen LogP contribution < -0.4 is 0 Å². The van der Waals surface area contributed by atoms with Gasteiger partial charge in [0.2, 0.25) is 0 Å². The predicted octanol–water partition coefficient (Wildman–Crippen LogP) is 0.130. The highest BCUT2D eigenvalue weighted by Crippen LogP contribution is 2.23. The van der Waals surface area contributed by atoms with E-state index < -0.39 is 0 Å². The van der Waals surface area contributed by atoms with E-state index in [-0.39, 0.29) is 6.10 Å². The van der Waals surface area contributed by atoms with Crippen molar-refractivity contribution in [3.63, 3.8) is 0 Å². The Morgan fingerprint density at radius 1 is 1.60 bits per heavy atom. The van der Waals surface area contributed by atoms with Gasteiger partial charge >= 0.3 is 0 Å². The van der Waals surface area contributed by atoms with Gasteiger partial charge < -0.3 is 10.1 Å². The fourth-order valence-electron chi connectivity index (χ4n) is 1.40. The second kappa shape index (κ2) is 2.22. The average Bonchev–Trinajstić information content (AvgIpc) is 2.21. The maximum atomic E-state index is 9.19. The Kier molecular flexibility index (Phi) is 1.47. The Bertz CT molecular complexity index is 183. The zero-order valence-corrected chi connectivity index (χ0v) is 7.08. The molecule has 1 unspecified atom stereocenters. The molecule has 1 N–H and O–H groups in total. The molecule has 10 heavy (non-hydrogen) atoms. The molecule has 0 bridgehead atoms. The van der Waals surface area contributed by atoms with Crippen molar-refractivity contribution in [2.75, 3.05) is 19.6 Å². The second-order valence-electron chi connectivity index (χ2n) is 2.70. The number of fused-ring (bicyclic) bond motifs is 1. The zero-order chi connectivity index (χ0) is 7.14. The normalized spacial score (nSPS) is 32.8. The Hall–Kier alpha value is -0.0600. The van der Waals surface area contributed by atoms with Gasteiger partial charge in [0.05, 0.1) is 19.2 Å². The third-order valence-corrected chi connectivity index (χ3v) is 2.26. The summed E-state index contributed by atoms with van der Waals surface area (Å²) in [6.45, 7) is 2.43. The van der Waals surface area contributed by atoms with E-state index in [4.69, 9.17) is 0 Å². The summed E-state index contributed by atoms with van der Waals surface area (Å²) in [5.74, 6) is 0. The monoisotopic (exact) mass is 204 g/mol. The van der Waals surface area contributed by atoms with Gasteiger partial charge in [-0.3, -0.25) is 0 Å². The summed E-state index contributed by atoms with van der Waals surface area (Å²) in [6.07, 6.45) is 1.85. The number of rotatable bonds is 0. The Morgan fingerprint density at radius 3 is 3.10 bits per heavy atom. The second-order valence-corrected chi connectivity index (χ2v) is 3.72. The lowest BCUT2D eigenvalue weighted by Crippen LogP contribution is -2.27. The SMILES string of the molecule is OC1CN2C=C(Br)CN2C1. The summed E-state index contributed by atoms with van der Waals surface area (Å²) in [5.41, 5.74) is 0. The minimum Gasteiger partial charge on any atom is -0.390 e. The van der Waals surface area contributed by atoms with Crippen LogP contribution in [0.3, 0.4) is 0 Å². The third-order valence-electron chi connectivity index (χ3n) is 1.81. The lowest BCUT2D eigenvalue weighted by Gasteiger charge is -2.17. The highest BCUT2D eigenvalue weighted by molar-refractivity contribution is 9.11. The van der Waals surface area contributed by atoms with Crippen LogP contribution in [0.5, 0.6) is 0 Å². The summed E-state index contributed by atoms with van der Waals surface area (Å²) in [6, 6.07) is 0. The molecule has 2 aliphatic rings. The lowest BCUT2D eigenvalue weighted by molar-refractivity contribution is 0.116. The number of nitrogens with zero attached hydrogens (tertiary/aromatic N) is 2. The minimum absolute atomic E-state index is 0.170. The summed E-state index contributed by atoms with van der Waals surface area (Å²) in [4.78, 5) is 0. The summed E-state index contributed by atoms with van der Waals surface area (Å²) in [5, 5.41) is 13.4. The average molecular weight is 205 g/mol. The molecule has 2 heterocycles. The lowest BCUT2D eigenvalue weighted by atomic mass is 10.4. The highest BCUT2D eigenvalue weighted by Gasteiger charge is 2.30. The van der Waals surface area contributed by atoms with Crippen molar-refractivity contribution in [3.8, 4) is 0 Å². The van der Waals surface area contributed by atoms with Crippen LogP contribution >= 0.6 is 15.9 Å². The van der Waals surface area contributed by atoms with Crippen molar-refractivity contribution in [1.82, 2.24) is 10.0 Å². The van der Waals surface area contributed by atoms with E-state index in [0.717, 1.165) is 19.6 Å². The number of hydrazine groups is 1. The predicted molar refractivity (Wildman–Crippen MR) is 41.3 cm³/mol. The first-order chi connectivity index (χ1) is 4.75. The molecule has 0 saturated carbocycles. The zero-order valence-electron chi connectivity index (χ0n) is 5.50. The van der Waals surface area contributed by atoms with Crippen molar-refractivity contribution >= 4 is 15.9 Å². The first kappa shape index (κ1) is 6.64. The van der Waals surface area contributed by atoms with Crippen LogP contribution in [0.25, 0.3) is 0 Å². The molecule has 0 aromatic heterocycles. The number of halogens is 1. The van der Waals surface area contributed by atoms with Crippen LogP contribution in [-0.4, -0.2) is 40.9 Å². The van der Waals surface area contributed by atoms with E-state index in [9.17, 15) is 5.11 Å². The van der Waals surface area contributed by atoms with Gasteiger partial charge in [-0.05, 0) is 0 Å². The van der Waals surface area contributed by atoms with Crippen molar-refractivity contribution in [2.45, 2.75) is 6.10 Å². The minimum atomic E-state index is -0.170. The molecule has 0 aliphatic carbocycles. The third kappa shape index (κ3) is 0.962. The molecule has 2 aliphatic heterocycles. The van der Waals surface area contributed by atoms with E-state index >= 15 is 0 Å². The van der Waals surface area contributed by atoms with Crippen LogP contribution in [0.4, 0.5) is 0 Å². The van der Waals surface area contributed by atoms with Gasteiger partial charge in [-0.1, -0.05) is 15.9 Å². The van der Waals surface area contributed by atoms with Gasteiger partial charge in [0.15, 0.2) is 0 Å². The van der Waals surface area contributed by atoms with E-state index in [1.54, 1.807) is 0 Å². The van der Waals surface area contributed by atoms with Gasteiger partial charge in [-0.2, -0.15) is 0 Å². The van der Waals surface area contributed by atoms with E-state index in [1.807, 2.05) is 6.20 Å². The van der Waals surface area contributed by atoms with Crippen LogP contribution in [0.1, 0.15) is 0 Å². The highest BCUT2D eigenvalue weighted by atomic mass is 79.9. The molecule has 0 spiro atoms. The molecule has 0 aromatic carbocycles. The summed E-state index contributed by atoms with van der Waals surface area (Å²) < 4.78 is 1.19. The van der Waals surface area contributed by atoms with E-state index in [0.29, 0.717) is 0 Å². The molecule has 1 saturated heterocycles. The molecular weight excluding hydrogens is 196 g/mol. The van der Waals surface area contributed by atoms with E-state index in [1.165, 1.54) is 4.48 Å².